The van der Waals surface area contributed by atoms with Crippen molar-refractivity contribution in [3.63, 3.8) is 0 Å². The van der Waals surface area contributed by atoms with Gasteiger partial charge in [0, 0.05) is 52.2 Å². The van der Waals surface area contributed by atoms with Crippen molar-refractivity contribution in [2.75, 3.05) is 20.3 Å². The number of aromatic hydroxyl groups is 1. The molecule has 7 nitrogen and oxygen atoms in total. The van der Waals surface area contributed by atoms with Gasteiger partial charge < -0.3 is 19.3 Å². The van der Waals surface area contributed by atoms with Gasteiger partial charge in [-0.1, -0.05) is 24.9 Å². The zero-order chi connectivity index (χ0) is 25.7. The molecular weight excluding hydrogens is 480 g/mol. The molecule has 0 aliphatic carbocycles. The minimum Gasteiger partial charge on any atom is -0.507 e. The number of unbranched alkanes of at least 4 members (excludes halogenated alkanes) is 1. The van der Waals surface area contributed by atoms with Gasteiger partial charge in [0.25, 0.3) is 0 Å². The number of carbonyl (C=O) groups is 1. The molecule has 0 radical (unpaired) electrons. The SMILES string of the molecule is CCCCn1ncc(C=C(Cc2cc3c(cc2OC)CCO3)C(=O)OCC)c1-c1ccc(Cl)cc1O. The molecule has 2 aromatic carbocycles. The number of aromatic nitrogens is 2. The number of halogens is 1. The van der Waals surface area contributed by atoms with Crippen molar-refractivity contribution in [3.8, 4) is 28.5 Å². The number of hydrogen-bond acceptors (Lipinski definition) is 6. The van der Waals surface area contributed by atoms with Gasteiger partial charge in [0.2, 0.25) is 0 Å². The highest BCUT2D eigenvalue weighted by molar-refractivity contribution is 6.30. The lowest BCUT2D eigenvalue weighted by molar-refractivity contribution is -0.138. The summed E-state index contributed by atoms with van der Waals surface area (Å²) < 4.78 is 18.6. The number of ether oxygens (including phenoxy) is 3. The maximum atomic E-state index is 13.1. The molecule has 0 spiro atoms. The van der Waals surface area contributed by atoms with E-state index in [4.69, 9.17) is 25.8 Å². The Morgan fingerprint density at radius 2 is 2.11 bits per heavy atom. The predicted octanol–water partition coefficient (Wildman–Crippen LogP) is 5.84. The average molecular weight is 511 g/mol. The summed E-state index contributed by atoms with van der Waals surface area (Å²) in [4.78, 5) is 13.1. The van der Waals surface area contributed by atoms with E-state index < -0.39 is 5.97 Å². The first-order valence-corrected chi connectivity index (χ1v) is 12.6. The Balaban J connectivity index is 1.81. The number of esters is 1. The van der Waals surface area contributed by atoms with Gasteiger partial charge in [-0.15, -0.1) is 0 Å². The molecule has 0 saturated heterocycles. The van der Waals surface area contributed by atoms with E-state index in [0.29, 0.717) is 46.3 Å². The summed E-state index contributed by atoms with van der Waals surface area (Å²) in [6.07, 6.45) is 6.52. The molecule has 8 heteroatoms. The van der Waals surface area contributed by atoms with E-state index in [-0.39, 0.29) is 18.8 Å². The van der Waals surface area contributed by atoms with Crippen LogP contribution in [0.15, 0.2) is 42.1 Å². The Bertz CT molecular complexity index is 1280. The number of rotatable bonds is 10. The molecule has 1 N–H and O–H groups in total. The molecular formula is C28H31ClN2O5. The van der Waals surface area contributed by atoms with Gasteiger partial charge in [0.15, 0.2) is 0 Å². The number of nitrogens with zero attached hydrogens (tertiary/aromatic N) is 2. The molecule has 1 aliphatic rings. The number of carbonyl (C=O) groups excluding carboxylic acids is 1. The highest BCUT2D eigenvalue weighted by atomic mass is 35.5. The molecule has 1 aromatic heterocycles. The van der Waals surface area contributed by atoms with Crippen molar-refractivity contribution >= 4 is 23.6 Å². The molecule has 0 saturated carbocycles. The van der Waals surface area contributed by atoms with E-state index in [2.05, 4.69) is 12.0 Å². The van der Waals surface area contributed by atoms with E-state index >= 15 is 0 Å². The fourth-order valence-electron chi connectivity index (χ4n) is 4.35. The van der Waals surface area contributed by atoms with Crippen LogP contribution in [0.2, 0.25) is 5.02 Å². The molecule has 0 fully saturated rings. The number of aryl methyl sites for hydroxylation is 1. The Hall–Kier alpha value is -3.45. The minimum atomic E-state index is -0.423. The molecule has 2 heterocycles. The van der Waals surface area contributed by atoms with Gasteiger partial charge in [0.05, 0.1) is 32.2 Å². The van der Waals surface area contributed by atoms with Crippen LogP contribution in [0.4, 0.5) is 0 Å². The van der Waals surface area contributed by atoms with Gasteiger partial charge in [-0.3, -0.25) is 4.68 Å². The van der Waals surface area contributed by atoms with Crippen molar-refractivity contribution in [1.82, 2.24) is 9.78 Å². The van der Waals surface area contributed by atoms with E-state index in [1.807, 2.05) is 16.8 Å². The van der Waals surface area contributed by atoms with E-state index in [1.165, 1.54) is 6.07 Å². The molecule has 190 valence electrons. The normalized spacial score (nSPS) is 12.8. The average Bonchev–Trinajstić information content (AvgIpc) is 3.48. The lowest BCUT2D eigenvalue weighted by Gasteiger charge is -2.14. The smallest absolute Gasteiger partial charge is 0.334 e. The third-order valence-corrected chi connectivity index (χ3v) is 6.38. The third kappa shape index (κ3) is 5.51. The van der Waals surface area contributed by atoms with Crippen molar-refractivity contribution in [1.29, 1.82) is 0 Å². The van der Waals surface area contributed by atoms with Crippen LogP contribution in [0.25, 0.3) is 17.3 Å². The second-order valence-corrected chi connectivity index (χ2v) is 9.06. The molecule has 4 rings (SSSR count). The van der Waals surface area contributed by atoms with Gasteiger partial charge in [-0.25, -0.2) is 4.79 Å². The molecule has 0 atom stereocenters. The predicted molar refractivity (Wildman–Crippen MR) is 140 cm³/mol. The summed E-state index contributed by atoms with van der Waals surface area (Å²) in [5, 5.41) is 15.7. The number of fused-ring (bicyclic) bond motifs is 1. The summed E-state index contributed by atoms with van der Waals surface area (Å²) in [5.41, 5.74) is 4.36. The second kappa shape index (κ2) is 11.5. The first kappa shape index (κ1) is 25.6. The summed E-state index contributed by atoms with van der Waals surface area (Å²) in [6, 6.07) is 8.90. The zero-order valence-corrected chi connectivity index (χ0v) is 21.6. The molecule has 0 bridgehead atoms. The van der Waals surface area contributed by atoms with E-state index in [0.717, 1.165) is 36.1 Å². The molecule has 0 unspecified atom stereocenters. The first-order chi connectivity index (χ1) is 17.4. The van der Waals surface area contributed by atoms with Gasteiger partial charge in [0.1, 0.15) is 17.2 Å². The minimum absolute atomic E-state index is 0.0468. The fourth-order valence-corrected chi connectivity index (χ4v) is 4.52. The van der Waals surface area contributed by atoms with Crippen LogP contribution in [0.3, 0.4) is 0 Å². The van der Waals surface area contributed by atoms with Gasteiger partial charge in [-0.05, 0) is 49.8 Å². The van der Waals surface area contributed by atoms with Crippen LogP contribution in [0.1, 0.15) is 43.4 Å². The van der Waals surface area contributed by atoms with Crippen LogP contribution in [0, 0.1) is 0 Å². The Kier molecular flexibility index (Phi) is 8.21. The van der Waals surface area contributed by atoms with Gasteiger partial charge >= 0.3 is 5.97 Å². The van der Waals surface area contributed by atoms with Crippen molar-refractivity contribution in [2.45, 2.75) is 46.1 Å². The number of methoxy groups -OCH3 is 1. The number of benzene rings is 2. The van der Waals surface area contributed by atoms with E-state index in [1.54, 1.807) is 38.4 Å². The summed E-state index contributed by atoms with van der Waals surface area (Å²) in [6.45, 7) is 5.44. The zero-order valence-electron chi connectivity index (χ0n) is 20.8. The van der Waals surface area contributed by atoms with Crippen molar-refractivity contribution in [3.05, 3.63) is 63.8 Å². The summed E-state index contributed by atoms with van der Waals surface area (Å²) >= 11 is 6.08. The fraction of sp³-hybridized carbons (Fsp3) is 0.357. The van der Waals surface area contributed by atoms with E-state index in [9.17, 15) is 9.90 Å². The molecule has 36 heavy (non-hydrogen) atoms. The number of hydrogen-bond donors (Lipinski definition) is 1. The third-order valence-electron chi connectivity index (χ3n) is 6.15. The largest absolute Gasteiger partial charge is 0.507 e. The quantitative estimate of drug-likeness (QED) is 0.272. The lowest BCUT2D eigenvalue weighted by Crippen LogP contribution is -2.11. The van der Waals surface area contributed by atoms with Crippen LogP contribution in [0.5, 0.6) is 17.2 Å². The summed E-state index contributed by atoms with van der Waals surface area (Å²) in [5.74, 6) is 1.14. The Morgan fingerprint density at radius 3 is 2.83 bits per heavy atom. The van der Waals surface area contributed by atoms with Gasteiger partial charge in [-0.2, -0.15) is 5.10 Å². The van der Waals surface area contributed by atoms with Crippen LogP contribution in [-0.4, -0.2) is 41.2 Å². The molecule has 3 aromatic rings. The first-order valence-electron chi connectivity index (χ1n) is 12.2. The summed E-state index contributed by atoms with van der Waals surface area (Å²) in [7, 11) is 1.62. The van der Waals surface area contributed by atoms with Crippen molar-refractivity contribution in [2.24, 2.45) is 0 Å². The number of phenolic OH excluding ortho intramolecular Hbond substituents is 1. The monoisotopic (exact) mass is 510 g/mol. The molecule has 0 amide bonds. The highest BCUT2D eigenvalue weighted by Gasteiger charge is 2.22. The topological polar surface area (TPSA) is 82.8 Å². The van der Waals surface area contributed by atoms with Crippen LogP contribution >= 0.6 is 11.6 Å². The Labute approximate surface area is 216 Å². The number of phenols is 1. The standard InChI is InChI=1S/C28H31ClN2O5/c1-4-6-10-31-27(23-8-7-22(29)16-24(23)32)21(17-30-31)13-20(28(33)35-5-2)12-19-15-26-18(9-11-36-26)14-25(19)34-3/h7-8,13-17,32H,4-6,9-12H2,1-3H3. The Morgan fingerprint density at radius 1 is 1.28 bits per heavy atom. The van der Waals surface area contributed by atoms with Crippen LogP contribution < -0.4 is 9.47 Å². The second-order valence-electron chi connectivity index (χ2n) is 8.62. The maximum absolute atomic E-state index is 13.1. The highest BCUT2D eigenvalue weighted by Crippen LogP contribution is 2.37. The molecule has 1 aliphatic heterocycles. The van der Waals surface area contributed by atoms with Crippen molar-refractivity contribution < 1.29 is 24.1 Å². The maximum Gasteiger partial charge on any atom is 0.334 e. The van der Waals surface area contributed by atoms with Crippen LogP contribution in [-0.2, 0) is 28.9 Å². The lowest BCUT2D eigenvalue weighted by atomic mass is 9.98.